The first-order valence-corrected chi connectivity index (χ1v) is 5.84. The van der Waals surface area contributed by atoms with Crippen molar-refractivity contribution >= 4 is 17.5 Å². The third-order valence-corrected chi connectivity index (χ3v) is 2.94. The zero-order chi connectivity index (χ0) is 12.5. The quantitative estimate of drug-likeness (QED) is 0.848. The monoisotopic (exact) mass is 243 g/mol. The maximum atomic E-state index is 12.0. The highest BCUT2D eigenvalue weighted by Crippen LogP contribution is 2.23. The van der Waals surface area contributed by atoms with Gasteiger partial charge in [-0.15, -0.1) is 0 Å². The molecule has 5 heteroatoms. The van der Waals surface area contributed by atoms with Gasteiger partial charge in [0.15, 0.2) is 0 Å². The number of carbonyl (C=O) groups excluding carboxylic acids is 1. The first-order valence-electron chi connectivity index (χ1n) is 5.84. The number of carbonyl (C=O) groups is 1. The first-order chi connectivity index (χ1) is 8.72. The molecule has 0 aliphatic carbocycles. The van der Waals surface area contributed by atoms with Gasteiger partial charge in [0.2, 0.25) is 5.88 Å². The van der Waals surface area contributed by atoms with Crippen LogP contribution >= 0.6 is 0 Å². The summed E-state index contributed by atoms with van der Waals surface area (Å²) in [4.78, 5) is 12.0. The van der Waals surface area contributed by atoms with Crippen LogP contribution in [0, 0.1) is 6.92 Å². The summed E-state index contributed by atoms with van der Waals surface area (Å²) in [6.45, 7) is 2.74. The number of anilines is 2. The van der Waals surface area contributed by atoms with E-state index in [0.29, 0.717) is 11.4 Å². The summed E-state index contributed by atoms with van der Waals surface area (Å²) >= 11 is 0. The molecule has 2 heterocycles. The Morgan fingerprint density at radius 2 is 2.33 bits per heavy atom. The van der Waals surface area contributed by atoms with Crippen molar-refractivity contribution in [1.82, 2.24) is 5.16 Å². The topological polar surface area (TPSA) is 67.2 Å². The number of benzene rings is 1. The molecule has 0 saturated heterocycles. The minimum atomic E-state index is -0.180. The third-order valence-electron chi connectivity index (χ3n) is 2.94. The highest BCUT2D eigenvalue weighted by atomic mass is 16.5. The van der Waals surface area contributed by atoms with Gasteiger partial charge in [-0.25, -0.2) is 0 Å². The third kappa shape index (κ3) is 1.95. The van der Waals surface area contributed by atoms with Gasteiger partial charge in [0.25, 0.3) is 5.91 Å². The van der Waals surface area contributed by atoms with Gasteiger partial charge in [-0.05, 0) is 37.1 Å². The summed E-state index contributed by atoms with van der Waals surface area (Å²) in [5.41, 5.74) is 3.66. The molecule has 0 bridgehead atoms. The van der Waals surface area contributed by atoms with Crippen molar-refractivity contribution in [2.45, 2.75) is 13.3 Å². The van der Waals surface area contributed by atoms with Crippen molar-refractivity contribution in [3.05, 3.63) is 41.1 Å². The number of fused-ring (bicyclic) bond motifs is 1. The maximum absolute atomic E-state index is 12.0. The lowest BCUT2D eigenvalue weighted by Gasteiger charge is -2.04. The minimum Gasteiger partial charge on any atom is -0.384 e. The van der Waals surface area contributed by atoms with Gasteiger partial charge < -0.3 is 9.84 Å². The van der Waals surface area contributed by atoms with E-state index in [1.165, 1.54) is 5.56 Å². The Bertz CT molecular complexity index is 604. The van der Waals surface area contributed by atoms with Gasteiger partial charge >= 0.3 is 0 Å². The van der Waals surface area contributed by atoms with Crippen LogP contribution in [0.4, 0.5) is 11.6 Å². The van der Waals surface area contributed by atoms with Crippen LogP contribution in [-0.2, 0) is 6.42 Å². The molecule has 0 unspecified atom stereocenters. The highest BCUT2D eigenvalue weighted by Gasteiger charge is 2.14. The smallest absolute Gasteiger partial charge is 0.258 e. The van der Waals surface area contributed by atoms with E-state index in [4.69, 9.17) is 4.52 Å². The van der Waals surface area contributed by atoms with E-state index >= 15 is 0 Å². The fourth-order valence-electron chi connectivity index (χ4n) is 2.05. The maximum Gasteiger partial charge on any atom is 0.258 e. The van der Waals surface area contributed by atoms with Crippen LogP contribution in [0.25, 0.3) is 0 Å². The van der Waals surface area contributed by atoms with Gasteiger partial charge in [0, 0.05) is 23.9 Å². The Labute approximate surface area is 104 Å². The zero-order valence-corrected chi connectivity index (χ0v) is 9.99. The van der Waals surface area contributed by atoms with Crippen LogP contribution in [0.15, 0.2) is 28.8 Å². The molecule has 0 radical (unpaired) electrons. The molecular formula is C13H13N3O2. The molecule has 0 spiro atoms. The van der Waals surface area contributed by atoms with E-state index in [-0.39, 0.29) is 5.91 Å². The van der Waals surface area contributed by atoms with Gasteiger partial charge in [-0.1, -0.05) is 5.16 Å². The van der Waals surface area contributed by atoms with E-state index in [0.717, 1.165) is 24.3 Å². The number of rotatable bonds is 2. The molecular weight excluding hydrogens is 230 g/mol. The molecule has 3 rings (SSSR count). The van der Waals surface area contributed by atoms with Crippen molar-refractivity contribution in [3.8, 4) is 0 Å². The normalized spacial score (nSPS) is 12.9. The molecule has 1 aromatic heterocycles. The molecule has 0 atom stereocenters. The summed E-state index contributed by atoms with van der Waals surface area (Å²) in [6, 6.07) is 7.33. The van der Waals surface area contributed by atoms with Crippen LogP contribution in [0.2, 0.25) is 0 Å². The minimum absolute atomic E-state index is 0.180. The average molecular weight is 243 g/mol. The largest absolute Gasteiger partial charge is 0.384 e. The van der Waals surface area contributed by atoms with Crippen molar-refractivity contribution in [3.63, 3.8) is 0 Å². The standard InChI is InChI=1S/C13H13N3O2/c1-8-6-12(18-16-8)15-13(17)10-2-3-11-9(7-10)4-5-14-11/h2-3,6-7,14H,4-5H2,1H3,(H,15,17). The molecule has 1 aliphatic heterocycles. The molecule has 2 aromatic rings. The van der Waals surface area contributed by atoms with E-state index in [1.54, 1.807) is 19.1 Å². The summed E-state index contributed by atoms with van der Waals surface area (Å²) in [6.07, 6.45) is 0.956. The lowest BCUT2D eigenvalue weighted by molar-refractivity contribution is 0.102. The number of aryl methyl sites for hydroxylation is 1. The SMILES string of the molecule is Cc1cc(NC(=O)c2ccc3c(c2)CCN3)on1. The Kier molecular flexibility index (Phi) is 2.51. The summed E-state index contributed by atoms with van der Waals surface area (Å²) in [5, 5.41) is 9.66. The number of nitrogens with one attached hydrogen (secondary N) is 2. The Morgan fingerprint density at radius 1 is 1.44 bits per heavy atom. The second-order valence-electron chi connectivity index (χ2n) is 4.34. The van der Waals surface area contributed by atoms with Crippen molar-refractivity contribution in [2.24, 2.45) is 0 Å². The second-order valence-corrected chi connectivity index (χ2v) is 4.34. The lowest BCUT2D eigenvalue weighted by atomic mass is 10.1. The molecule has 18 heavy (non-hydrogen) atoms. The van der Waals surface area contributed by atoms with Crippen LogP contribution in [0.3, 0.4) is 0 Å². The summed E-state index contributed by atoms with van der Waals surface area (Å²) in [7, 11) is 0. The number of amides is 1. The van der Waals surface area contributed by atoms with E-state index < -0.39 is 0 Å². The van der Waals surface area contributed by atoms with Gasteiger partial charge in [-0.2, -0.15) is 0 Å². The first kappa shape index (κ1) is 10.8. The average Bonchev–Trinajstić information content (AvgIpc) is 2.96. The van der Waals surface area contributed by atoms with E-state index in [1.807, 2.05) is 12.1 Å². The van der Waals surface area contributed by atoms with Crippen molar-refractivity contribution in [1.29, 1.82) is 0 Å². The predicted molar refractivity (Wildman–Crippen MR) is 67.8 cm³/mol. The molecule has 1 aliphatic rings. The summed E-state index contributed by atoms with van der Waals surface area (Å²) < 4.78 is 4.95. The molecule has 2 N–H and O–H groups in total. The van der Waals surface area contributed by atoms with Crippen LogP contribution in [-0.4, -0.2) is 17.6 Å². The van der Waals surface area contributed by atoms with Gasteiger partial charge in [0.05, 0.1) is 5.69 Å². The van der Waals surface area contributed by atoms with Gasteiger partial charge in [0.1, 0.15) is 0 Å². The molecule has 0 saturated carbocycles. The predicted octanol–water partition coefficient (Wildman–Crippen LogP) is 2.20. The second kappa shape index (κ2) is 4.18. The number of hydrogen-bond donors (Lipinski definition) is 2. The van der Waals surface area contributed by atoms with Crippen molar-refractivity contribution in [2.75, 3.05) is 17.2 Å². The Balaban J connectivity index is 1.80. The molecule has 1 aromatic carbocycles. The fourth-order valence-corrected chi connectivity index (χ4v) is 2.05. The zero-order valence-electron chi connectivity index (χ0n) is 9.99. The summed E-state index contributed by atoms with van der Waals surface area (Å²) in [5.74, 6) is 0.192. The fraction of sp³-hybridized carbons (Fsp3) is 0.231. The van der Waals surface area contributed by atoms with Gasteiger partial charge in [-0.3, -0.25) is 10.1 Å². The van der Waals surface area contributed by atoms with Crippen LogP contribution in [0.1, 0.15) is 21.6 Å². The number of hydrogen-bond acceptors (Lipinski definition) is 4. The highest BCUT2D eigenvalue weighted by molar-refractivity contribution is 6.04. The number of nitrogens with zero attached hydrogens (tertiary/aromatic N) is 1. The van der Waals surface area contributed by atoms with Crippen LogP contribution < -0.4 is 10.6 Å². The Hall–Kier alpha value is -2.30. The van der Waals surface area contributed by atoms with Crippen molar-refractivity contribution < 1.29 is 9.32 Å². The van der Waals surface area contributed by atoms with E-state index in [2.05, 4.69) is 15.8 Å². The lowest BCUT2D eigenvalue weighted by Crippen LogP contribution is -2.11. The molecule has 1 amide bonds. The Morgan fingerprint density at radius 3 is 3.11 bits per heavy atom. The molecule has 92 valence electrons. The molecule has 5 nitrogen and oxygen atoms in total. The van der Waals surface area contributed by atoms with E-state index in [9.17, 15) is 4.79 Å². The number of aromatic nitrogens is 1. The molecule has 0 fully saturated rings. The van der Waals surface area contributed by atoms with Crippen LogP contribution in [0.5, 0.6) is 0 Å².